The predicted octanol–water partition coefficient (Wildman–Crippen LogP) is 2.94. The first kappa shape index (κ1) is 15.9. The smallest absolute Gasteiger partial charge is 0.272 e. The van der Waals surface area contributed by atoms with Gasteiger partial charge in [0.2, 0.25) is 0 Å². The fourth-order valence-electron chi connectivity index (χ4n) is 1.68. The van der Waals surface area contributed by atoms with Crippen LogP contribution in [0.4, 0.5) is 5.69 Å². The molecule has 0 aliphatic carbocycles. The molecule has 0 aliphatic heterocycles. The number of benzene rings is 1. The lowest BCUT2D eigenvalue weighted by Gasteiger charge is -2.23. The number of amidine groups is 1. The standard InChI is InChI=1S/C14H21N3O3/c1-9-8-12(10(2)7-11(9)17(18)19)20-6-5-14(3,4)13(15)16/h7-8H,5-6H2,1-4H3,(H3,15,16). The van der Waals surface area contributed by atoms with E-state index in [9.17, 15) is 10.1 Å². The molecule has 1 aromatic rings. The molecule has 20 heavy (non-hydrogen) atoms. The van der Waals surface area contributed by atoms with Gasteiger partial charge >= 0.3 is 0 Å². The first-order chi connectivity index (χ1) is 9.15. The maximum atomic E-state index is 10.8. The van der Waals surface area contributed by atoms with E-state index in [0.717, 1.165) is 5.56 Å². The Kier molecular flexibility index (Phi) is 4.70. The van der Waals surface area contributed by atoms with Crippen molar-refractivity contribution in [2.45, 2.75) is 34.1 Å². The molecule has 0 amide bonds. The quantitative estimate of drug-likeness (QED) is 0.361. The highest BCUT2D eigenvalue weighted by atomic mass is 16.6. The minimum Gasteiger partial charge on any atom is -0.493 e. The van der Waals surface area contributed by atoms with Crippen LogP contribution in [0.1, 0.15) is 31.4 Å². The van der Waals surface area contributed by atoms with Crippen molar-refractivity contribution in [3.63, 3.8) is 0 Å². The fourth-order valence-corrected chi connectivity index (χ4v) is 1.68. The Labute approximate surface area is 118 Å². The molecule has 6 heteroatoms. The number of hydrogen-bond donors (Lipinski definition) is 2. The third-order valence-electron chi connectivity index (χ3n) is 3.40. The molecule has 0 aromatic heterocycles. The first-order valence-corrected chi connectivity index (χ1v) is 6.38. The summed E-state index contributed by atoms with van der Waals surface area (Å²) in [5, 5.41) is 18.3. The van der Waals surface area contributed by atoms with Crippen LogP contribution in [0.3, 0.4) is 0 Å². The van der Waals surface area contributed by atoms with Crippen LogP contribution < -0.4 is 10.5 Å². The van der Waals surface area contributed by atoms with Gasteiger partial charge in [-0.05, 0) is 31.9 Å². The third-order valence-corrected chi connectivity index (χ3v) is 3.40. The van der Waals surface area contributed by atoms with E-state index < -0.39 is 10.3 Å². The topological polar surface area (TPSA) is 102 Å². The highest BCUT2D eigenvalue weighted by Crippen LogP contribution is 2.28. The number of nitrogens with one attached hydrogen (secondary N) is 1. The van der Waals surface area contributed by atoms with Crippen LogP contribution in [-0.2, 0) is 0 Å². The summed E-state index contributed by atoms with van der Waals surface area (Å²) in [5.74, 6) is 0.755. The Morgan fingerprint density at radius 2 is 2.00 bits per heavy atom. The molecule has 0 saturated heterocycles. The van der Waals surface area contributed by atoms with Gasteiger partial charge in [-0.2, -0.15) is 0 Å². The average molecular weight is 279 g/mol. The lowest BCUT2D eigenvalue weighted by atomic mass is 9.88. The predicted molar refractivity (Wildman–Crippen MR) is 78.4 cm³/mol. The van der Waals surface area contributed by atoms with E-state index in [2.05, 4.69) is 0 Å². The number of nitro groups is 1. The summed E-state index contributed by atoms with van der Waals surface area (Å²) >= 11 is 0. The van der Waals surface area contributed by atoms with E-state index in [0.29, 0.717) is 24.3 Å². The maximum Gasteiger partial charge on any atom is 0.272 e. The van der Waals surface area contributed by atoms with Crippen LogP contribution in [0.5, 0.6) is 5.75 Å². The highest BCUT2D eigenvalue weighted by molar-refractivity contribution is 5.82. The Bertz CT molecular complexity index is 539. The van der Waals surface area contributed by atoms with Crippen molar-refractivity contribution in [2.24, 2.45) is 11.1 Å². The monoisotopic (exact) mass is 279 g/mol. The zero-order valence-electron chi connectivity index (χ0n) is 12.3. The second kappa shape index (κ2) is 5.90. The van der Waals surface area contributed by atoms with Gasteiger partial charge in [0.1, 0.15) is 5.75 Å². The SMILES string of the molecule is Cc1cc([N+](=O)[O-])c(C)cc1OCCC(C)(C)C(=N)N. The van der Waals surface area contributed by atoms with Crippen LogP contribution in [0.2, 0.25) is 0 Å². The van der Waals surface area contributed by atoms with Gasteiger partial charge in [0.25, 0.3) is 5.69 Å². The van der Waals surface area contributed by atoms with Crippen molar-refractivity contribution in [2.75, 3.05) is 6.61 Å². The van der Waals surface area contributed by atoms with Gasteiger partial charge in [0.05, 0.1) is 17.4 Å². The van der Waals surface area contributed by atoms with Gasteiger partial charge in [0, 0.05) is 17.0 Å². The second-order valence-corrected chi connectivity index (χ2v) is 5.56. The van der Waals surface area contributed by atoms with Crippen molar-refractivity contribution >= 4 is 11.5 Å². The Hall–Kier alpha value is -2.11. The van der Waals surface area contributed by atoms with Gasteiger partial charge in [-0.1, -0.05) is 13.8 Å². The number of hydrogen-bond acceptors (Lipinski definition) is 4. The van der Waals surface area contributed by atoms with E-state index in [4.69, 9.17) is 15.9 Å². The molecule has 0 fully saturated rings. The molecule has 0 heterocycles. The summed E-state index contributed by atoms with van der Waals surface area (Å²) in [6.07, 6.45) is 0.609. The molecule has 0 saturated carbocycles. The number of nitrogens with zero attached hydrogens (tertiary/aromatic N) is 1. The van der Waals surface area contributed by atoms with Gasteiger partial charge in [-0.15, -0.1) is 0 Å². The van der Waals surface area contributed by atoms with Gasteiger partial charge in [0.15, 0.2) is 0 Å². The summed E-state index contributed by atoms with van der Waals surface area (Å²) in [6.45, 7) is 7.63. The van der Waals surface area contributed by atoms with E-state index >= 15 is 0 Å². The number of ether oxygens (including phenoxy) is 1. The molecule has 0 spiro atoms. The minimum absolute atomic E-state index is 0.0962. The van der Waals surface area contributed by atoms with Crippen LogP contribution >= 0.6 is 0 Å². The van der Waals surface area contributed by atoms with Gasteiger partial charge in [-0.3, -0.25) is 15.5 Å². The van der Waals surface area contributed by atoms with Gasteiger partial charge in [-0.25, -0.2) is 0 Å². The normalized spacial score (nSPS) is 11.2. The summed E-state index contributed by atoms with van der Waals surface area (Å²) in [6, 6.07) is 3.19. The molecule has 1 rings (SSSR count). The Morgan fingerprint density at radius 3 is 2.50 bits per heavy atom. The molecule has 0 unspecified atom stereocenters. The van der Waals surface area contributed by atoms with Crippen molar-refractivity contribution in [3.8, 4) is 5.75 Å². The molecule has 0 bridgehead atoms. The largest absolute Gasteiger partial charge is 0.493 e. The average Bonchev–Trinajstić information content (AvgIpc) is 2.32. The van der Waals surface area contributed by atoms with E-state index in [1.807, 2.05) is 13.8 Å². The van der Waals surface area contributed by atoms with Crippen molar-refractivity contribution in [1.29, 1.82) is 5.41 Å². The molecule has 0 aliphatic rings. The molecular formula is C14H21N3O3. The van der Waals surface area contributed by atoms with Crippen molar-refractivity contribution in [3.05, 3.63) is 33.4 Å². The minimum atomic E-state index is -0.413. The number of aryl methyl sites for hydroxylation is 2. The Balaban J connectivity index is 2.78. The fraction of sp³-hybridized carbons (Fsp3) is 0.500. The molecule has 6 nitrogen and oxygen atoms in total. The van der Waals surface area contributed by atoms with Crippen LogP contribution in [0.25, 0.3) is 0 Å². The van der Waals surface area contributed by atoms with Crippen molar-refractivity contribution < 1.29 is 9.66 Å². The summed E-state index contributed by atoms with van der Waals surface area (Å²) < 4.78 is 5.66. The molecule has 0 atom stereocenters. The molecular weight excluding hydrogens is 258 g/mol. The maximum absolute atomic E-state index is 10.8. The highest BCUT2D eigenvalue weighted by Gasteiger charge is 2.22. The molecule has 3 N–H and O–H groups in total. The first-order valence-electron chi connectivity index (χ1n) is 6.38. The van der Waals surface area contributed by atoms with E-state index in [1.54, 1.807) is 19.9 Å². The number of rotatable bonds is 6. The molecule has 1 aromatic carbocycles. The van der Waals surface area contributed by atoms with Crippen LogP contribution in [0, 0.1) is 34.8 Å². The number of nitrogens with two attached hydrogens (primary N) is 1. The van der Waals surface area contributed by atoms with Crippen LogP contribution in [-0.4, -0.2) is 17.4 Å². The Morgan fingerprint density at radius 1 is 1.40 bits per heavy atom. The lowest BCUT2D eigenvalue weighted by molar-refractivity contribution is -0.385. The van der Waals surface area contributed by atoms with Crippen molar-refractivity contribution in [1.82, 2.24) is 0 Å². The van der Waals surface area contributed by atoms with Gasteiger partial charge < -0.3 is 10.5 Å². The second-order valence-electron chi connectivity index (χ2n) is 5.56. The zero-order chi connectivity index (χ0) is 15.5. The lowest BCUT2D eigenvalue weighted by Crippen LogP contribution is -2.32. The summed E-state index contributed by atoms with van der Waals surface area (Å²) in [7, 11) is 0. The van der Waals surface area contributed by atoms with E-state index in [1.165, 1.54) is 6.07 Å². The van der Waals surface area contributed by atoms with E-state index in [-0.39, 0.29) is 11.5 Å². The van der Waals surface area contributed by atoms with Crippen LogP contribution in [0.15, 0.2) is 12.1 Å². The number of nitro benzene ring substituents is 1. The molecule has 0 radical (unpaired) electrons. The summed E-state index contributed by atoms with van der Waals surface area (Å²) in [4.78, 5) is 10.4. The zero-order valence-corrected chi connectivity index (χ0v) is 12.3. The molecule has 110 valence electrons. The third kappa shape index (κ3) is 3.69. The summed E-state index contributed by atoms with van der Waals surface area (Å²) in [5.41, 5.74) is 6.49.